The minimum atomic E-state index is 0.412. The predicted octanol–water partition coefficient (Wildman–Crippen LogP) is 3.18. The van der Waals surface area contributed by atoms with Gasteiger partial charge >= 0.3 is 0 Å². The molecule has 1 heterocycles. The molecule has 1 aliphatic heterocycles. The summed E-state index contributed by atoms with van der Waals surface area (Å²) in [4.78, 5) is 5.33. The van der Waals surface area contributed by atoms with Crippen molar-refractivity contribution in [2.75, 3.05) is 13.1 Å². The van der Waals surface area contributed by atoms with Crippen LogP contribution in [-0.2, 0) is 0 Å². The molecular weight excluding hydrogens is 196 g/mol. The Balaban J connectivity index is 2.84. The van der Waals surface area contributed by atoms with Gasteiger partial charge in [0.25, 0.3) is 0 Å². The first-order valence-corrected chi connectivity index (χ1v) is 6.83. The summed E-state index contributed by atoms with van der Waals surface area (Å²) in [5, 5.41) is 0. The highest BCUT2D eigenvalue weighted by Gasteiger charge is 2.41. The molecule has 0 aromatic carbocycles. The third kappa shape index (κ3) is 2.78. The Morgan fingerprint density at radius 1 is 0.875 bits per heavy atom. The van der Waals surface area contributed by atoms with Gasteiger partial charge in [0, 0.05) is 12.1 Å². The first kappa shape index (κ1) is 14.0. The minimum Gasteiger partial charge on any atom is -0.284 e. The zero-order chi connectivity index (χ0) is 12.5. The van der Waals surface area contributed by atoms with Gasteiger partial charge in [0.05, 0.1) is 6.17 Å². The fraction of sp³-hybridized carbons (Fsp3) is 1.00. The monoisotopic (exact) mass is 226 g/mol. The largest absolute Gasteiger partial charge is 0.284 e. The molecule has 1 saturated heterocycles. The van der Waals surface area contributed by atoms with Crippen LogP contribution in [0.4, 0.5) is 0 Å². The highest BCUT2D eigenvalue weighted by Crippen LogP contribution is 2.33. The lowest BCUT2D eigenvalue weighted by atomic mass is 9.90. The molecule has 0 spiro atoms. The molecule has 0 aliphatic carbocycles. The van der Waals surface area contributed by atoms with Crippen LogP contribution >= 0.6 is 0 Å². The number of nitrogens with zero attached hydrogens (tertiary/aromatic N) is 2. The van der Waals surface area contributed by atoms with E-state index in [-0.39, 0.29) is 0 Å². The van der Waals surface area contributed by atoms with E-state index in [1.54, 1.807) is 0 Å². The zero-order valence-electron chi connectivity index (χ0n) is 12.2. The number of hydrogen-bond donors (Lipinski definition) is 0. The third-order valence-corrected chi connectivity index (χ3v) is 4.04. The standard InChI is InChI=1S/C14H30N2/c1-8-15-11(3)12(4)16(9-2)13(15)10-14(5,6)7/h11-13H,8-10H2,1-7H3. The smallest absolute Gasteiger partial charge is 0.0633 e. The van der Waals surface area contributed by atoms with Crippen LogP contribution in [0.5, 0.6) is 0 Å². The van der Waals surface area contributed by atoms with Crippen LogP contribution in [0.15, 0.2) is 0 Å². The van der Waals surface area contributed by atoms with Crippen molar-refractivity contribution in [2.24, 2.45) is 5.41 Å². The van der Waals surface area contributed by atoms with Crippen LogP contribution < -0.4 is 0 Å². The van der Waals surface area contributed by atoms with Crippen LogP contribution in [0.25, 0.3) is 0 Å². The van der Waals surface area contributed by atoms with E-state index in [9.17, 15) is 0 Å². The Hall–Kier alpha value is -0.0800. The lowest BCUT2D eigenvalue weighted by molar-refractivity contribution is 0.0838. The normalized spacial score (nSPS) is 33.6. The summed E-state index contributed by atoms with van der Waals surface area (Å²) >= 11 is 0. The van der Waals surface area contributed by atoms with Crippen molar-refractivity contribution in [2.45, 2.75) is 73.1 Å². The number of likely N-dealkylation sites (N-methyl/N-ethyl adjacent to an activating group) is 2. The average molecular weight is 226 g/mol. The molecule has 0 saturated carbocycles. The molecule has 1 aliphatic rings. The molecule has 16 heavy (non-hydrogen) atoms. The summed E-state index contributed by atoms with van der Waals surface area (Å²) in [7, 11) is 0. The molecule has 0 N–H and O–H groups in total. The lowest BCUT2D eigenvalue weighted by Crippen LogP contribution is -2.42. The van der Waals surface area contributed by atoms with Gasteiger partial charge in [-0.3, -0.25) is 9.80 Å². The van der Waals surface area contributed by atoms with Crippen molar-refractivity contribution in [3.63, 3.8) is 0 Å². The van der Waals surface area contributed by atoms with E-state index in [1.165, 1.54) is 19.5 Å². The van der Waals surface area contributed by atoms with Gasteiger partial charge in [0.1, 0.15) is 0 Å². The Labute approximate surface area is 102 Å². The van der Waals surface area contributed by atoms with Gasteiger partial charge in [-0.05, 0) is 38.8 Å². The Kier molecular flexibility index (Phi) is 4.42. The Morgan fingerprint density at radius 3 is 1.50 bits per heavy atom. The van der Waals surface area contributed by atoms with E-state index in [0.717, 1.165) is 0 Å². The van der Waals surface area contributed by atoms with Crippen LogP contribution in [0, 0.1) is 5.41 Å². The van der Waals surface area contributed by atoms with Crippen molar-refractivity contribution in [3.8, 4) is 0 Å². The molecule has 2 unspecified atom stereocenters. The van der Waals surface area contributed by atoms with Crippen molar-refractivity contribution in [1.29, 1.82) is 0 Å². The summed E-state index contributed by atoms with van der Waals surface area (Å²) in [5.74, 6) is 0. The van der Waals surface area contributed by atoms with Gasteiger partial charge in [0.15, 0.2) is 0 Å². The van der Waals surface area contributed by atoms with Crippen molar-refractivity contribution in [1.82, 2.24) is 9.80 Å². The van der Waals surface area contributed by atoms with E-state index >= 15 is 0 Å². The van der Waals surface area contributed by atoms with Gasteiger partial charge in [0.2, 0.25) is 0 Å². The lowest BCUT2D eigenvalue weighted by Gasteiger charge is -2.35. The fourth-order valence-electron chi connectivity index (χ4n) is 3.07. The Morgan fingerprint density at radius 2 is 1.25 bits per heavy atom. The van der Waals surface area contributed by atoms with Gasteiger partial charge < -0.3 is 0 Å². The van der Waals surface area contributed by atoms with Gasteiger partial charge in [-0.25, -0.2) is 0 Å². The molecule has 96 valence electrons. The number of rotatable bonds is 3. The maximum atomic E-state index is 2.67. The first-order chi connectivity index (χ1) is 7.31. The zero-order valence-corrected chi connectivity index (χ0v) is 12.2. The summed E-state index contributed by atoms with van der Waals surface area (Å²) in [6.45, 7) is 18.7. The molecule has 0 aromatic heterocycles. The average Bonchev–Trinajstić information content (AvgIpc) is 2.37. The van der Waals surface area contributed by atoms with Gasteiger partial charge in [-0.2, -0.15) is 0 Å². The molecule has 2 atom stereocenters. The quantitative estimate of drug-likeness (QED) is 0.729. The highest BCUT2D eigenvalue weighted by atomic mass is 15.4. The summed E-state index contributed by atoms with van der Waals surface area (Å²) < 4.78 is 0. The number of hydrogen-bond acceptors (Lipinski definition) is 2. The predicted molar refractivity (Wildman–Crippen MR) is 71.5 cm³/mol. The first-order valence-electron chi connectivity index (χ1n) is 6.83. The Bertz CT molecular complexity index is 203. The van der Waals surface area contributed by atoms with Gasteiger partial charge in [-0.15, -0.1) is 0 Å². The molecule has 0 amide bonds. The molecule has 0 radical (unpaired) electrons. The third-order valence-electron chi connectivity index (χ3n) is 4.04. The van der Waals surface area contributed by atoms with Crippen LogP contribution in [0.3, 0.4) is 0 Å². The molecule has 0 bridgehead atoms. The minimum absolute atomic E-state index is 0.412. The van der Waals surface area contributed by atoms with Crippen molar-refractivity contribution >= 4 is 0 Å². The molecule has 2 heteroatoms. The second-order valence-electron chi connectivity index (χ2n) is 6.39. The second kappa shape index (κ2) is 5.05. The van der Waals surface area contributed by atoms with Crippen molar-refractivity contribution in [3.05, 3.63) is 0 Å². The van der Waals surface area contributed by atoms with E-state index in [4.69, 9.17) is 0 Å². The maximum Gasteiger partial charge on any atom is 0.0633 e. The second-order valence-corrected chi connectivity index (χ2v) is 6.39. The van der Waals surface area contributed by atoms with Gasteiger partial charge in [-0.1, -0.05) is 34.6 Å². The van der Waals surface area contributed by atoms with E-state index in [1.807, 2.05) is 0 Å². The summed E-state index contributed by atoms with van der Waals surface area (Å²) in [6, 6.07) is 1.38. The van der Waals surface area contributed by atoms with E-state index in [2.05, 4.69) is 58.3 Å². The van der Waals surface area contributed by atoms with E-state index in [0.29, 0.717) is 23.7 Å². The topological polar surface area (TPSA) is 6.48 Å². The molecular formula is C14H30N2. The SMILES string of the molecule is CCN1C(C)C(C)N(CC)C1CC(C)(C)C. The molecule has 1 fully saturated rings. The fourth-order valence-corrected chi connectivity index (χ4v) is 3.07. The molecule has 1 rings (SSSR count). The van der Waals surface area contributed by atoms with Crippen LogP contribution in [0.2, 0.25) is 0 Å². The van der Waals surface area contributed by atoms with Crippen molar-refractivity contribution < 1.29 is 0 Å². The summed E-state index contributed by atoms with van der Waals surface area (Å²) in [6.07, 6.45) is 1.91. The molecule has 2 nitrogen and oxygen atoms in total. The highest BCUT2D eigenvalue weighted by molar-refractivity contribution is 4.94. The molecule has 0 aromatic rings. The van der Waals surface area contributed by atoms with E-state index < -0.39 is 0 Å². The maximum absolute atomic E-state index is 2.67. The van der Waals surface area contributed by atoms with Crippen LogP contribution in [-0.4, -0.2) is 41.1 Å². The summed E-state index contributed by atoms with van der Waals surface area (Å²) in [5.41, 5.74) is 0.412. The van der Waals surface area contributed by atoms with Crippen LogP contribution in [0.1, 0.15) is 54.9 Å².